The van der Waals surface area contributed by atoms with Crippen LogP contribution in [-0.4, -0.2) is 47.6 Å². The topological polar surface area (TPSA) is 60.9 Å². The minimum Gasteiger partial charge on any atom is -0.393 e. The quantitative estimate of drug-likeness (QED) is 0.835. The van der Waals surface area contributed by atoms with Gasteiger partial charge >= 0.3 is 5.91 Å². The Bertz CT molecular complexity index is 568. The molecule has 1 saturated heterocycles. The van der Waals surface area contributed by atoms with E-state index in [1.54, 1.807) is 12.1 Å². The molecule has 1 N–H and O–H groups in total. The van der Waals surface area contributed by atoms with Gasteiger partial charge in [-0.2, -0.15) is 0 Å². The molecule has 5 nitrogen and oxygen atoms in total. The zero-order valence-corrected chi connectivity index (χ0v) is 11.6. The molecule has 0 spiro atoms. The summed E-state index contributed by atoms with van der Waals surface area (Å²) in [5.74, 6) is -1.01. The lowest BCUT2D eigenvalue weighted by atomic mass is 10.1. The van der Waals surface area contributed by atoms with Crippen molar-refractivity contribution in [3.8, 4) is 0 Å². The summed E-state index contributed by atoms with van der Waals surface area (Å²) >= 11 is 5.87. The fourth-order valence-corrected chi connectivity index (χ4v) is 2.85. The number of halogens is 1. The maximum absolute atomic E-state index is 12.1. The van der Waals surface area contributed by atoms with Gasteiger partial charge in [0.1, 0.15) is 0 Å². The largest absolute Gasteiger partial charge is 0.393 e. The van der Waals surface area contributed by atoms with Crippen LogP contribution in [0.3, 0.4) is 0 Å². The van der Waals surface area contributed by atoms with E-state index >= 15 is 0 Å². The lowest BCUT2D eigenvalue weighted by molar-refractivity contribution is -0.114. The van der Waals surface area contributed by atoms with Crippen molar-refractivity contribution < 1.29 is 14.7 Å². The van der Waals surface area contributed by atoms with E-state index in [0.717, 1.165) is 13.1 Å². The highest BCUT2D eigenvalue weighted by atomic mass is 35.5. The molecule has 2 heterocycles. The number of amides is 1. The first kappa shape index (κ1) is 13.5. The fourth-order valence-electron chi connectivity index (χ4n) is 2.67. The van der Waals surface area contributed by atoms with Gasteiger partial charge < -0.3 is 5.11 Å². The van der Waals surface area contributed by atoms with Crippen molar-refractivity contribution >= 4 is 29.0 Å². The molecule has 0 atom stereocenters. The molecular weight excluding hydrogens is 280 g/mol. The number of nitrogens with zero attached hydrogens (tertiary/aromatic N) is 2. The number of ketones is 1. The standard InChI is InChI=1S/C14H15ClN2O3/c15-9-1-2-12-11(7-9)13(19)14(20)17(12)8-16-5-3-10(18)4-6-16/h1-2,7,10,18H,3-6,8H2. The summed E-state index contributed by atoms with van der Waals surface area (Å²) in [5.41, 5.74) is 0.995. The van der Waals surface area contributed by atoms with E-state index < -0.39 is 11.7 Å². The van der Waals surface area contributed by atoms with Gasteiger partial charge in [-0.05, 0) is 31.0 Å². The van der Waals surface area contributed by atoms with Gasteiger partial charge in [0.05, 0.1) is 24.0 Å². The lowest BCUT2D eigenvalue weighted by Crippen LogP contribution is -2.45. The van der Waals surface area contributed by atoms with Gasteiger partial charge in [0.25, 0.3) is 5.78 Å². The van der Waals surface area contributed by atoms with Crippen molar-refractivity contribution in [2.24, 2.45) is 0 Å². The summed E-state index contributed by atoms with van der Waals surface area (Å²) in [6.45, 7) is 1.83. The number of fused-ring (bicyclic) bond motifs is 1. The zero-order valence-electron chi connectivity index (χ0n) is 10.9. The second-order valence-corrected chi connectivity index (χ2v) is 5.65. The Morgan fingerprint density at radius 1 is 1.25 bits per heavy atom. The van der Waals surface area contributed by atoms with Crippen LogP contribution in [0, 0.1) is 0 Å². The highest BCUT2D eigenvalue weighted by Gasteiger charge is 2.37. The average Bonchev–Trinajstić information content (AvgIpc) is 2.66. The van der Waals surface area contributed by atoms with Crippen LogP contribution in [0.25, 0.3) is 0 Å². The summed E-state index contributed by atoms with van der Waals surface area (Å²) in [4.78, 5) is 27.6. The number of benzene rings is 1. The number of rotatable bonds is 2. The fraction of sp³-hybridized carbons (Fsp3) is 0.429. The molecule has 0 bridgehead atoms. The molecule has 0 saturated carbocycles. The van der Waals surface area contributed by atoms with Crippen LogP contribution in [0.4, 0.5) is 5.69 Å². The Labute approximate surface area is 121 Å². The van der Waals surface area contributed by atoms with E-state index in [1.165, 1.54) is 11.0 Å². The maximum Gasteiger partial charge on any atom is 0.300 e. The highest BCUT2D eigenvalue weighted by Crippen LogP contribution is 2.31. The molecule has 0 radical (unpaired) electrons. The molecule has 1 amide bonds. The van der Waals surface area contributed by atoms with E-state index in [1.807, 2.05) is 0 Å². The Balaban J connectivity index is 1.81. The third-order valence-electron chi connectivity index (χ3n) is 3.83. The predicted octanol–water partition coefficient (Wildman–Crippen LogP) is 1.28. The molecule has 6 heteroatoms. The minimum absolute atomic E-state index is 0.256. The molecule has 20 heavy (non-hydrogen) atoms. The molecule has 1 aromatic rings. The van der Waals surface area contributed by atoms with E-state index in [4.69, 9.17) is 11.6 Å². The Morgan fingerprint density at radius 2 is 1.95 bits per heavy atom. The molecule has 106 valence electrons. The number of Topliss-reactive ketones (excluding diaryl/α,β-unsaturated/α-hetero) is 1. The summed E-state index contributed by atoms with van der Waals surface area (Å²) in [6.07, 6.45) is 1.14. The van der Waals surface area contributed by atoms with Crippen LogP contribution in [0.2, 0.25) is 5.02 Å². The SMILES string of the molecule is O=C1C(=O)N(CN2CCC(O)CC2)c2ccc(Cl)cc21. The van der Waals surface area contributed by atoms with Gasteiger partial charge in [-0.1, -0.05) is 11.6 Å². The van der Waals surface area contributed by atoms with Gasteiger partial charge in [-0.15, -0.1) is 0 Å². The third-order valence-corrected chi connectivity index (χ3v) is 4.07. The van der Waals surface area contributed by atoms with Gasteiger partial charge in [-0.25, -0.2) is 0 Å². The second-order valence-electron chi connectivity index (χ2n) is 5.21. The number of carbonyl (C=O) groups is 2. The maximum atomic E-state index is 12.1. The molecule has 3 rings (SSSR count). The van der Waals surface area contributed by atoms with Gasteiger partial charge in [0, 0.05) is 18.1 Å². The van der Waals surface area contributed by atoms with E-state index in [-0.39, 0.29) is 6.10 Å². The van der Waals surface area contributed by atoms with Crippen molar-refractivity contribution in [2.45, 2.75) is 18.9 Å². The molecule has 0 unspecified atom stereocenters. The smallest absolute Gasteiger partial charge is 0.300 e. The summed E-state index contributed by atoms with van der Waals surface area (Å²) < 4.78 is 0. The Morgan fingerprint density at radius 3 is 2.65 bits per heavy atom. The van der Waals surface area contributed by atoms with Crippen molar-refractivity contribution in [3.05, 3.63) is 28.8 Å². The van der Waals surface area contributed by atoms with E-state index in [9.17, 15) is 14.7 Å². The van der Waals surface area contributed by atoms with Gasteiger partial charge in [-0.3, -0.25) is 19.4 Å². The van der Waals surface area contributed by atoms with Crippen LogP contribution in [0.15, 0.2) is 18.2 Å². The molecule has 1 aromatic carbocycles. The lowest BCUT2D eigenvalue weighted by Gasteiger charge is -2.32. The van der Waals surface area contributed by atoms with Crippen molar-refractivity contribution in [1.82, 2.24) is 4.90 Å². The Kier molecular flexibility index (Phi) is 3.50. The summed E-state index contributed by atoms with van der Waals surface area (Å²) in [5, 5.41) is 9.95. The predicted molar refractivity (Wildman–Crippen MR) is 74.9 cm³/mol. The normalized spacial score (nSPS) is 20.6. The first-order chi connectivity index (χ1) is 9.56. The number of hydrogen-bond donors (Lipinski definition) is 1. The number of carbonyl (C=O) groups excluding carboxylic acids is 2. The molecule has 1 fully saturated rings. The molecule has 2 aliphatic heterocycles. The number of aliphatic hydroxyl groups is 1. The van der Waals surface area contributed by atoms with Crippen molar-refractivity contribution in [1.29, 1.82) is 0 Å². The van der Waals surface area contributed by atoms with Gasteiger partial charge in [0.2, 0.25) is 0 Å². The van der Waals surface area contributed by atoms with Crippen LogP contribution in [0.1, 0.15) is 23.2 Å². The summed E-state index contributed by atoms with van der Waals surface area (Å²) in [7, 11) is 0. The highest BCUT2D eigenvalue weighted by molar-refractivity contribution is 6.52. The number of anilines is 1. The molecule has 0 aromatic heterocycles. The molecule has 0 aliphatic carbocycles. The number of aliphatic hydroxyl groups excluding tert-OH is 1. The third kappa shape index (κ3) is 2.32. The monoisotopic (exact) mass is 294 g/mol. The summed E-state index contributed by atoms with van der Waals surface area (Å²) in [6, 6.07) is 4.93. The van der Waals surface area contributed by atoms with Crippen molar-refractivity contribution in [2.75, 3.05) is 24.7 Å². The first-order valence-corrected chi connectivity index (χ1v) is 7.00. The van der Waals surface area contributed by atoms with E-state index in [0.29, 0.717) is 35.8 Å². The minimum atomic E-state index is -0.506. The van der Waals surface area contributed by atoms with Crippen LogP contribution in [-0.2, 0) is 4.79 Å². The molecular formula is C14H15ClN2O3. The molecule has 2 aliphatic rings. The van der Waals surface area contributed by atoms with Crippen LogP contribution >= 0.6 is 11.6 Å². The van der Waals surface area contributed by atoms with Gasteiger partial charge in [0.15, 0.2) is 0 Å². The number of piperidine rings is 1. The Hall–Kier alpha value is -1.43. The first-order valence-electron chi connectivity index (χ1n) is 6.62. The number of hydrogen-bond acceptors (Lipinski definition) is 4. The van der Waals surface area contributed by atoms with E-state index in [2.05, 4.69) is 4.90 Å². The van der Waals surface area contributed by atoms with Crippen molar-refractivity contribution in [3.63, 3.8) is 0 Å². The second kappa shape index (κ2) is 5.16. The zero-order chi connectivity index (χ0) is 14.3. The average molecular weight is 295 g/mol. The number of likely N-dealkylation sites (tertiary alicyclic amines) is 1. The van der Waals surface area contributed by atoms with Crippen LogP contribution < -0.4 is 4.90 Å². The van der Waals surface area contributed by atoms with Crippen LogP contribution in [0.5, 0.6) is 0 Å².